The van der Waals surface area contributed by atoms with E-state index in [0.717, 1.165) is 25.9 Å². The molecule has 7 nitrogen and oxygen atoms in total. The van der Waals surface area contributed by atoms with Crippen molar-refractivity contribution in [2.24, 2.45) is 5.92 Å². The van der Waals surface area contributed by atoms with Gasteiger partial charge in [0.05, 0.1) is 13.2 Å². The highest BCUT2D eigenvalue weighted by Gasteiger charge is 2.24. The van der Waals surface area contributed by atoms with Gasteiger partial charge in [0.25, 0.3) is 0 Å². The molecule has 1 saturated carbocycles. The molecule has 138 valence electrons. The van der Waals surface area contributed by atoms with Gasteiger partial charge in [-0.2, -0.15) is 0 Å². The Kier molecular flexibility index (Phi) is 7.78. The first-order valence-corrected chi connectivity index (χ1v) is 9.12. The van der Waals surface area contributed by atoms with Crippen molar-refractivity contribution in [1.82, 2.24) is 20.4 Å². The molecular weight excluding hydrogens is 308 g/mol. The van der Waals surface area contributed by atoms with Gasteiger partial charge < -0.3 is 20.3 Å². The molecule has 3 amide bonds. The minimum absolute atomic E-state index is 0.0488. The normalized spacial score (nSPS) is 25.3. The van der Waals surface area contributed by atoms with Gasteiger partial charge in [-0.3, -0.25) is 9.69 Å². The van der Waals surface area contributed by atoms with E-state index in [-0.39, 0.29) is 11.9 Å². The standard InChI is InChI=1S/C17H32N4O3/c1-14-4-3-5-15(12-14)19-16(22)13-20-7-9-21(10-8-20)17(23)18-6-11-24-2/h14-15H,3-13H2,1-2H3,(H,18,23)(H,19,22)/t14-,15+/m0/s1. The summed E-state index contributed by atoms with van der Waals surface area (Å²) in [6, 6.07) is 0.293. The average molecular weight is 340 g/mol. The molecule has 1 heterocycles. The molecule has 24 heavy (non-hydrogen) atoms. The number of piperazine rings is 1. The zero-order valence-electron chi connectivity index (χ0n) is 15.1. The van der Waals surface area contributed by atoms with Crippen LogP contribution in [0.2, 0.25) is 0 Å². The van der Waals surface area contributed by atoms with E-state index in [2.05, 4.69) is 22.5 Å². The number of nitrogens with zero attached hydrogens (tertiary/aromatic N) is 2. The quantitative estimate of drug-likeness (QED) is 0.697. The zero-order valence-corrected chi connectivity index (χ0v) is 15.1. The van der Waals surface area contributed by atoms with Crippen LogP contribution in [0.4, 0.5) is 4.79 Å². The summed E-state index contributed by atoms with van der Waals surface area (Å²) in [4.78, 5) is 28.1. The summed E-state index contributed by atoms with van der Waals surface area (Å²) in [5.74, 6) is 0.830. The number of methoxy groups -OCH3 is 1. The Balaban J connectivity index is 1.63. The highest BCUT2D eigenvalue weighted by molar-refractivity contribution is 5.78. The second-order valence-corrected chi connectivity index (χ2v) is 7.02. The molecule has 0 unspecified atom stereocenters. The number of urea groups is 1. The van der Waals surface area contributed by atoms with Crippen LogP contribution in [0.5, 0.6) is 0 Å². The molecule has 0 spiro atoms. The molecular formula is C17H32N4O3. The topological polar surface area (TPSA) is 73.9 Å². The first-order valence-electron chi connectivity index (χ1n) is 9.12. The van der Waals surface area contributed by atoms with E-state index in [4.69, 9.17) is 4.74 Å². The van der Waals surface area contributed by atoms with Gasteiger partial charge in [-0.1, -0.05) is 19.8 Å². The number of amides is 3. The van der Waals surface area contributed by atoms with Crippen LogP contribution < -0.4 is 10.6 Å². The highest BCUT2D eigenvalue weighted by atomic mass is 16.5. The Morgan fingerprint density at radius 3 is 2.58 bits per heavy atom. The van der Waals surface area contributed by atoms with E-state index in [0.29, 0.717) is 44.7 Å². The van der Waals surface area contributed by atoms with Crippen molar-refractivity contribution < 1.29 is 14.3 Å². The van der Waals surface area contributed by atoms with Crippen molar-refractivity contribution in [1.29, 1.82) is 0 Å². The van der Waals surface area contributed by atoms with Crippen LogP contribution in [0.3, 0.4) is 0 Å². The number of ether oxygens (including phenoxy) is 1. The van der Waals surface area contributed by atoms with E-state index in [1.807, 2.05) is 0 Å². The maximum Gasteiger partial charge on any atom is 0.317 e. The third-order valence-corrected chi connectivity index (χ3v) is 4.91. The molecule has 1 saturated heterocycles. The van der Waals surface area contributed by atoms with Crippen molar-refractivity contribution in [2.75, 3.05) is 53.0 Å². The average Bonchev–Trinajstić information content (AvgIpc) is 2.55. The van der Waals surface area contributed by atoms with Crippen LogP contribution in [0, 0.1) is 5.92 Å². The van der Waals surface area contributed by atoms with Crippen molar-refractivity contribution in [3.8, 4) is 0 Å². The predicted octanol–water partition coefficient (Wildman–Crippen LogP) is 0.655. The highest BCUT2D eigenvalue weighted by Crippen LogP contribution is 2.23. The van der Waals surface area contributed by atoms with E-state index in [1.165, 1.54) is 12.8 Å². The number of rotatable bonds is 6. The van der Waals surface area contributed by atoms with Crippen molar-refractivity contribution >= 4 is 11.9 Å². The molecule has 0 bridgehead atoms. The first kappa shape index (κ1) is 19.0. The van der Waals surface area contributed by atoms with Gasteiger partial charge in [0.2, 0.25) is 5.91 Å². The van der Waals surface area contributed by atoms with Gasteiger partial charge in [0.15, 0.2) is 0 Å². The second-order valence-electron chi connectivity index (χ2n) is 7.02. The largest absolute Gasteiger partial charge is 0.383 e. The lowest BCUT2D eigenvalue weighted by Crippen LogP contribution is -2.54. The Labute approximate surface area is 145 Å². The van der Waals surface area contributed by atoms with Crippen LogP contribution >= 0.6 is 0 Å². The fraction of sp³-hybridized carbons (Fsp3) is 0.882. The number of nitrogens with one attached hydrogen (secondary N) is 2. The summed E-state index contributed by atoms with van der Waals surface area (Å²) in [6.07, 6.45) is 4.69. The van der Waals surface area contributed by atoms with Gasteiger partial charge in [0.1, 0.15) is 0 Å². The molecule has 7 heteroatoms. The smallest absolute Gasteiger partial charge is 0.317 e. The molecule has 2 atom stereocenters. The van der Waals surface area contributed by atoms with Crippen LogP contribution in [-0.2, 0) is 9.53 Å². The summed E-state index contributed by atoms with van der Waals surface area (Å²) in [5.41, 5.74) is 0. The first-order chi connectivity index (χ1) is 11.6. The molecule has 2 aliphatic rings. The Hall–Kier alpha value is -1.34. The molecule has 1 aliphatic heterocycles. The van der Waals surface area contributed by atoms with Gasteiger partial charge in [-0.25, -0.2) is 4.79 Å². The molecule has 0 radical (unpaired) electrons. The van der Waals surface area contributed by atoms with Crippen LogP contribution in [0.15, 0.2) is 0 Å². The summed E-state index contributed by atoms with van der Waals surface area (Å²) < 4.78 is 4.92. The molecule has 0 aromatic rings. The lowest BCUT2D eigenvalue weighted by Gasteiger charge is -2.35. The monoisotopic (exact) mass is 340 g/mol. The van der Waals surface area contributed by atoms with Crippen molar-refractivity contribution in [3.05, 3.63) is 0 Å². The van der Waals surface area contributed by atoms with Crippen LogP contribution in [0.25, 0.3) is 0 Å². The Bertz CT molecular complexity index is 411. The predicted molar refractivity (Wildman–Crippen MR) is 92.9 cm³/mol. The number of hydrogen-bond donors (Lipinski definition) is 2. The lowest BCUT2D eigenvalue weighted by atomic mass is 9.87. The van der Waals surface area contributed by atoms with Crippen molar-refractivity contribution in [3.63, 3.8) is 0 Å². The number of carbonyl (C=O) groups is 2. The van der Waals surface area contributed by atoms with Gasteiger partial charge in [0, 0.05) is 45.9 Å². The number of carbonyl (C=O) groups excluding carboxylic acids is 2. The zero-order chi connectivity index (χ0) is 17.4. The fourth-order valence-corrected chi connectivity index (χ4v) is 3.52. The van der Waals surface area contributed by atoms with Gasteiger partial charge in [-0.15, -0.1) is 0 Å². The van der Waals surface area contributed by atoms with E-state index in [9.17, 15) is 9.59 Å². The van der Waals surface area contributed by atoms with Gasteiger partial charge >= 0.3 is 6.03 Å². The molecule has 2 rings (SSSR count). The number of hydrogen-bond acceptors (Lipinski definition) is 4. The summed E-state index contributed by atoms with van der Waals surface area (Å²) >= 11 is 0. The SMILES string of the molecule is COCCNC(=O)N1CCN(CC(=O)N[C@@H]2CCC[C@H](C)C2)CC1. The third-order valence-electron chi connectivity index (χ3n) is 4.91. The van der Waals surface area contributed by atoms with Crippen molar-refractivity contribution in [2.45, 2.75) is 38.6 Å². The maximum absolute atomic E-state index is 12.2. The molecule has 0 aromatic heterocycles. The summed E-state index contributed by atoms with van der Waals surface area (Å²) in [7, 11) is 1.62. The fourth-order valence-electron chi connectivity index (χ4n) is 3.52. The molecule has 2 N–H and O–H groups in total. The minimum Gasteiger partial charge on any atom is -0.383 e. The molecule has 0 aromatic carbocycles. The summed E-state index contributed by atoms with van der Waals surface area (Å²) in [6.45, 7) is 6.54. The Morgan fingerprint density at radius 2 is 1.92 bits per heavy atom. The molecule has 1 aliphatic carbocycles. The van der Waals surface area contributed by atoms with Crippen LogP contribution in [0.1, 0.15) is 32.6 Å². The summed E-state index contributed by atoms with van der Waals surface area (Å²) in [5, 5.41) is 6.01. The van der Waals surface area contributed by atoms with E-state index in [1.54, 1.807) is 12.0 Å². The van der Waals surface area contributed by atoms with E-state index >= 15 is 0 Å². The van der Waals surface area contributed by atoms with E-state index < -0.39 is 0 Å². The molecule has 2 fully saturated rings. The third kappa shape index (κ3) is 6.28. The van der Waals surface area contributed by atoms with Crippen LogP contribution in [-0.4, -0.2) is 80.8 Å². The minimum atomic E-state index is -0.0488. The second kappa shape index (κ2) is 9.84. The van der Waals surface area contributed by atoms with Gasteiger partial charge in [-0.05, 0) is 18.8 Å². The maximum atomic E-state index is 12.2. The lowest BCUT2D eigenvalue weighted by molar-refractivity contribution is -0.123. The Morgan fingerprint density at radius 1 is 1.17 bits per heavy atom.